The second kappa shape index (κ2) is 10.7. The van der Waals surface area contributed by atoms with E-state index < -0.39 is 10.1 Å². The van der Waals surface area contributed by atoms with Gasteiger partial charge in [-0.2, -0.15) is 13.5 Å². The van der Waals surface area contributed by atoms with Crippen molar-refractivity contribution in [2.24, 2.45) is 0 Å². The topological polar surface area (TPSA) is 102 Å². The molecule has 0 aliphatic carbocycles. The molecular weight excluding hydrogens is 474 g/mol. The van der Waals surface area contributed by atoms with Gasteiger partial charge in [-0.1, -0.05) is 19.2 Å². The van der Waals surface area contributed by atoms with E-state index in [9.17, 15) is 8.42 Å². The van der Waals surface area contributed by atoms with Gasteiger partial charge in [-0.3, -0.25) is 4.18 Å². The van der Waals surface area contributed by atoms with Crippen LogP contribution in [-0.4, -0.2) is 57.6 Å². The molecule has 1 aliphatic rings. The van der Waals surface area contributed by atoms with Crippen LogP contribution in [0.5, 0.6) is 17.4 Å². The summed E-state index contributed by atoms with van der Waals surface area (Å²) in [6.45, 7) is 5.66. The number of aromatic nitrogens is 3. The molecule has 3 heterocycles. The lowest BCUT2D eigenvalue weighted by Gasteiger charge is -2.11. The van der Waals surface area contributed by atoms with E-state index in [-0.39, 0.29) is 21.5 Å². The van der Waals surface area contributed by atoms with Crippen molar-refractivity contribution in [3.05, 3.63) is 54.4 Å². The normalized spacial score (nSPS) is 15.4. The highest BCUT2D eigenvalue weighted by molar-refractivity contribution is 7.85. The molecule has 1 atom stereocenters. The number of ether oxygens (including phenoxy) is 3. The van der Waals surface area contributed by atoms with Crippen LogP contribution < -0.4 is 9.47 Å². The SMILES string of the molecule is C[Si](C)CCOCn1nccc1-c1ccc(Oc2ccc3c(c2)O[C@H](COS(C)(=O)=O)C3)nc1. The van der Waals surface area contributed by atoms with Crippen LogP contribution in [0, 0.1) is 0 Å². The zero-order valence-corrected chi connectivity index (χ0v) is 21.2. The van der Waals surface area contributed by atoms with E-state index in [1.807, 2.05) is 28.9 Å². The first kappa shape index (κ1) is 24.4. The number of pyridine rings is 1. The van der Waals surface area contributed by atoms with Gasteiger partial charge in [0.1, 0.15) is 30.9 Å². The molecule has 34 heavy (non-hydrogen) atoms. The van der Waals surface area contributed by atoms with E-state index in [1.54, 1.807) is 24.5 Å². The molecular formula is C23H28N3O6SSi. The van der Waals surface area contributed by atoms with Crippen LogP contribution in [-0.2, 0) is 32.2 Å². The van der Waals surface area contributed by atoms with Gasteiger partial charge in [0.15, 0.2) is 0 Å². The zero-order valence-electron chi connectivity index (χ0n) is 19.4. The molecule has 0 bridgehead atoms. The van der Waals surface area contributed by atoms with Gasteiger partial charge in [-0.05, 0) is 29.8 Å². The van der Waals surface area contributed by atoms with Crippen LogP contribution in [0.25, 0.3) is 11.3 Å². The molecule has 0 unspecified atom stereocenters. The van der Waals surface area contributed by atoms with E-state index in [0.29, 0.717) is 30.5 Å². The molecule has 1 aliphatic heterocycles. The first-order valence-corrected chi connectivity index (χ1v) is 15.5. The molecule has 3 aromatic rings. The summed E-state index contributed by atoms with van der Waals surface area (Å²) in [5.74, 6) is 1.68. The van der Waals surface area contributed by atoms with E-state index in [1.165, 1.54) is 0 Å². The quantitative estimate of drug-likeness (QED) is 0.222. The molecule has 181 valence electrons. The summed E-state index contributed by atoms with van der Waals surface area (Å²) in [6.07, 6.45) is 4.74. The third-order valence-corrected chi connectivity index (χ3v) is 6.95. The van der Waals surface area contributed by atoms with E-state index in [2.05, 4.69) is 23.2 Å². The Labute approximate surface area is 201 Å². The highest BCUT2D eigenvalue weighted by Crippen LogP contribution is 2.34. The number of hydrogen-bond donors (Lipinski definition) is 0. The van der Waals surface area contributed by atoms with Gasteiger partial charge >= 0.3 is 0 Å². The maximum Gasteiger partial charge on any atom is 0.264 e. The standard InChI is InChI=1S/C23H28N3O6SSi/c1-33(27,28)30-15-20-12-17-4-6-19(13-22(17)31-20)32-23-7-5-18(14-24-23)21-8-9-25-26(21)16-29-10-11-34(2)3/h4-9,13-14,20H,10-12,15-16H2,1-3H3/t20-/m0/s1. The molecule has 1 aromatic carbocycles. The second-order valence-corrected chi connectivity index (χ2v) is 13.0. The molecule has 0 amide bonds. The first-order chi connectivity index (χ1) is 16.3. The van der Waals surface area contributed by atoms with Gasteiger partial charge in [0.2, 0.25) is 5.88 Å². The van der Waals surface area contributed by atoms with Gasteiger partial charge in [-0.15, -0.1) is 0 Å². The van der Waals surface area contributed by atoms with E-state index in [0.717, 1.165) is 35.7 Å². The molecule has 1 radical (unpaired) electrons. The Morgan fingerprint density at radius 1 is 1.21 bits per heavy atom. The van der Waals surface area contributed by atoms with Crippen molar-refractivity contribution in [3.63, 3.8) is 0 Å². The lowest BCUT2D eigenvalue weighted by atomic mass is 10.1. The largest absolute Gasteiger partial charge is 0.487 e. The molecule has 2 aromatic heterocycles. The summed E-state index contributed by atoms with van der Waals surface area (Å²) in [4.78, 5) is 4.43. The van der Waals surface area contributed by atoms with Crippen LogP contribution in [0.1, 0.15) is 5.56 Å². The minimum atomic E-state index is -3.50. The predicted octanol–water partition coefficient (Wildman–Crippen LogP) is 3.75. The minimum absolute atomic E-state index is 0.0205. The number of nitrogens with zero attached hydrogens (tertiary/aromatic N) is 3. The highest BCUT2D eigenvalue weighted by Gasteiger charge is 2.25. The van der Waals surface area contributed by atoms with Crippen molar-refractivity contribution in [2.45, 2.75) is 38.4 Å². The minimum Gasteiger partial charge on any atom is -0.487 e. The Kier molecular flexibility index (Phi) is 7.66. The van der Waals surface area contributed by atoms with Crippen molar-refractivity contribution >= 4 is 18.9 Å². The van der Waals surface area contributed by atoms with Crippen LogP contribution in [0.4, 0.5) is 0 Å². The Morgan fingerprint density at radius 3 is 2.79 bits per heavy atom. The Morgan fingerprint density at radius 2 is 2.06 bits per heavy atom. The first-order valence-electron chi connectivity index (χ1n) is 10.9. The summed E-state index contributed by atoms with van der Waals surface area (Å²) >= 11 is 0. The molecule has 0 saturated carbocycles. The maximum atomic E-state index is 11.2. The Bertz CT molecular complexity index is 1210. The highest BCUT2D eigenvalue weighted by atomic mass is 32.2. The van der Waals surface area contributed by atoms with Crippen LogP contribution in [0.3, 0.4) is 0 Å². The van der Waals surface area contributed by atoms with Gasteiger partial charge in [0.25, 0.3) is 10.1 Å². The fourth-order valence-electron chi connectivity index (χ4n) is 3.46. The van der Waals surface area contributed by atoms with Crippen molar-refractivity contribution in [2.75, 3.05) is 19.5 Å². The lowest BCUT2D eigenvalue weighted by Crippen LogP contribution is -2.22. The molecule has 0 N–H and O–H groups in total. The van der Waals surface area contributed by atoms with Crippen LogP contribution in [0.15, 0.2) is 48.8 Å². The number of rotatable bonds is 11. The number of hydrogen-bond acceptors (Lipinski definition) is 8. The lowest BCUT2D eigenvalue weighted by molar-refractivity contribution is 0.0801. The fourth-order valence-corrected chi connectivity index (χ4v) is 4.41. The average molecular weight is 503 g/mol. The summed E-state index contributed by atoms with van der Waals surface area (Å²) in [7, 11) is -3.80. The number of benzene rings is 1. The van der Waals surface area contributed by atoms with Crippen LogP contribution in [0.2, 0.25) is 19.1 Å². The van der Waals surface area contributed by atoms with Crippen molar-refractivity contribution in [1.82, 2.24) is 14.8 Å². The molecule has 4 rings (SSSR count). The van der Waals surface area contributed by atoms with Gasteiger partial charge in [0, 0.05) is 51.9 Å². The summed E-state index contributed by atoms with van der Waals surface area (Å²) < 4.78 is 46.5. The average Bonchev–Trinajstić information content (AvgIpc) is 3.41. The van der Waals surface area contributed by atoms with Gasteiger partial charge in [0.05, 0.1) is 11.9 Å². The Balaban J connectivity index is 1.35. The zero-order chi connectivity index (χ0) is 24.1. The molecule has 0 fully saturated rings. The van der Waals surface area contributed by atoms with Crippen LogP contribution >= 0.6 is 0 Å². The maximum absolute atomic E-state index is 11.2. The fraction of sp³-hybridized carbons (Fsp3) is 0.391. The predicted molar refractivity (Wildman–Crippen MR) is 129 cm³/mol. The summed E-state index contributed by atoms with van der Waals surface area (Å²) in [5.41, 5.74) is 2.81. The van der Waals surface area contributed by atoms with Gasteiger partial charge < -0.3 is 14.2 Å². The van der Waals surface area contributed by atoms with E-state index >= 15 is 0 Å². The second-order valence-electron chi connectivity index (χ2n) is 8.40. The smallest absolute Gasteiger partial charge is 0.264 e. The molecule has 0 spiro atoms. The summed E-state index contributed by atoms with van der Waals surface area (Å²) in [6, 6.07) is 12.3. The van der Waals surface area contributed by atoms with Crippen molar-refractivity contribution in [3.8, 4) is 28.6 Å². The molecule has 0 saturated heterocycles. The molecule has 9 nitrogen and oxygen atoms in total. The number of fused-ring (bicyclic) bond motifs is 1. The van der Waals surface area contributed by atoms with Crippen molar-refractivity contribution < 1.29 is 26.8 Å². The third-order valence-electron chi connectivity index (χ3n) is 5.18. The molecule has 11 heteroatoms. The van der Waals surface area contributed by atoms with Crippen molar-refractivity contribution in [1.29, 1.82) is 0 Å². The monoisotopic (exact) mass is 502 g/mol. The van der Waals surface area contributed by atoms with Gasteiger partial charge in [-0.25, -0.2) is 9.67 Å². The summed E-state index contributed by atoms with van der Waals surface area (Å²) in [5, 5.41) is 4.35. The van der Waals surface area contributed by atoms with E-state index in [4.69, 9.17) is 18.4 Å². The Hall–Kier alpha value is -2.73. The third kappa shape index (κ3) is 6.66.